The van der Waals surface area contributed by atoms with Crippen LogP contribution >= 0.6 is 0 Å². The zero-order valence-electron chi connectivity index (χ0n) is 32.0. The number of amides is 1. The van der Waals surface area contributed by atoms with E-state index in [4.69, 9.17) is 43.6 Å². The molecule has 5 N–H and O–H groups in total. The average Bonchev–Trinajstić information content (AvgIpc) is 3.59. The molecule has 57 heavy (non-hydrogen) atoms. The Bertz CT molecular complexity index is 1960. The van der Waals surface area contributed by atoms with Gasteiger partial charge >= 0.3 is 0 Å². The van der Waals surface area contributed by atoms with Crippen molar-refractivity contribution in [1.29, 1.82) is 0 Å². The summed E-state index contributed by atoms with van der Waals surface area (Å²) in [5.74, 6) is -5.51. The molecule has 17 heteroatoms. The number of carbonyl (C=O) groups is 4. The molecule has 308 valence electrons. The van der Waals surface area contributed by atoms with Crippen molar-refractivity contribution in [2.24, 2.45) is 5.73 Å². The topological polar surface area (TPSA) is 232 Å². The Morgan fingerprint density at radius 3 is 2.44 bits per heavy atom. The number of methoxy groups -OCH3 is 2. The molecule has 2 aromatic rings. The molecule has 3 heterocycles. The van der Waals surface area contributed by atoms with Crippen molar-refractivity contribution in [1.82, 2.24) is 4.90 Å². The molecule has 0 aromatic heterocycles. The Kier molecular flexibility index (Phi) is 10.7. The van der Waals surface area contributed by atoms with Crippen molar-refractivity contribution < 1.29 is 72.4 Å². The number of nitrogens with two attached hydrogens (primary N) is 1. The minimum atomic E-state index is -2.28. The summed E-state index contributed by atoms with van der Waals surface area (Å²) in [6, 6.07) is 4.24. The SMILES string of the molecule is COc1cccc2c1C(=O)c1c(O)c3c(c(O)c1C2=O)C[C@@](O)(C(=O)COC1(OCC(N)=O)CCCCC1)C[C@@H]3O[C@H]1C[C@H]2[C@H](O[C@@H]3[C@@H](OC)OCCN32)[C@H](C)O1. The van der Waals surface area contributed by atoms with E-state index in [9.17, 15) is 34.5 Å². The largest absolute Gasteiger partial charge is 0.507 e. The third kappa shape index (κ3) is 6.81. The summed E-state index contributed by atoms with van der Waals surface area (Å²) < 4.78 is 47.8. The molecule has 17 nitrogen and oxygen atoms in total. The van der Waals surface area contributed by atoms with Gasteiger partial charge in [0.1, 0.15) is 42.2 Å². The molecule has 0 spiro atoms. The number of nitrogens with zero attached hydrogens (tertiary/aromatic N) is 1. The van der Waals surface area contributed by atoms with E-state index < -0.39 is 114 Å². The van der Waals surface area contributed by atoms with Gasteiger partial charge in [0.15, 0.2) is 36.2 Å². The van der Waals surface area contributed by atoms with Crippen molar-refractivity contribution in [3.05, 3.63) is 51.6 Å². The van der Waals surface area contributed by atoms with Gasteiger partial charge in [-0.3, -0.25) is 24.1 Å². The molecule has 1 amide bonds. The van der Waals surface area contributed by atoms with Gasteiger partial charge in [-0.2, -0.15) is 0 Å². The Morgan fingerprint density at radius 2 is 1.72 bits per heavy atom. The van der Waals surface area contributed by atoms with Crippen LogP contribution in [-0.4, -0.2) is 133 Å². The number of aliphatic hydroxyl groups is 1. The van der Waals surface area contributed by atoms with Gasteiger partial charge in [0.05, 0.1) is 42.6 Å². The molecule has 2 aromatic carbocycles. The highest BCUT2D eigenvalue weighted by molar-refractivity contribution is 6.31. The first-order valence-electron chi connectivity index (χ1n) is 19.3. The van der Waals surface area contributed by atoms with Gasteiger partial charge in [0.25, 0.3) is 0 Å². The predicted molar refractivity (Wildman–Crippen MR) is 194 cm³/mol. The molecule has 1 saturated carbocycles. The van der Waals surface area contributed by atoms with E-state index in [0.717, 1.165) is 6.42 Å². The lowest BCUT2D eigenvalue weighted by atomic mass is 9.72. The molecule has 6 aliphatic rings. The molecule has 0 radical (unpaired) electrons. The first-order valence-corrected chi connectivity index (χ1v) is 19.3. The van der Waals surface area contributed by atoms with E-state index in [2.05, 4.69) is 4.90 Å². The molecule has 0 unspecified atom stereocenters. The van der Waals surface area contributed by atoms with E-state index in [-0.39, 0.29) is 46.6 Å². The number of carbonyl (C=O) groups excluding carboxylic acids is 4. The summed E-state index contributed by atoms with van der Waals surface area (Å²) in [6.07, 6.45) is -1.94. The Hall–Kier alpha value is -4.04. The highest BCUT2D eigenvalue weighted by Crippen LogP contribution is 2.53. The summed E-state index contributed by atoms with van der Waals surface area (Å²) in [7, 11) is 2.88. The highest BCUT2D eigenvalue weighted by atomic mass is 16.7. The van der Waals surface area contributed by atoms with Gasteiger partial charge < -0.3 is 58.9 Å². The molecule has 8 rings (SSSR count). The second kappa shape index (κ2) is 15.3. The number of ether oxygens (including phenoxy) is 8. The van der Waals surface area contributed by atoms with Crippen molar-refractivity contribution in [3.63, 3.8) is 0 Å². The molecule has 3 aliphatic carbocycles. The van der Waals surface area contributed by atoms with Crippen LogP contribution in [0.25, 0.3) is 0 Å². The Labute approximate surface area is 328 Å². The van der Waals surface area contributed by atoms with Crippen LogP contribution in [0.4, 0.5) is 0 Å². The van der Waals surface area contributed by atoms with E-state index in [1.54, 1.807) is 0 Å². The number of rotatable bonds is 11. The average molecular weight is 797 g/mol. The summed E-state index contributed by atoms with van der Waals surface area (Å²) >= 11 is 0. The molecule has 3 saturated heterocycles. The lowest BCUT2D eigenvalue weighted by Gasteiger charge is -2.43. The third-order valence-electron chi connectivity index (χ3n) is 12.3. The van der Waals surface area contributed by atoms with Crippen LogP contribution in [0.2, 0.25) is 0 Å². The van der Waals surface area contributed by atoms with Crippen LogP contribution in [0.5, 0.6) is 17.2 Å². The number of phenolic OH excluding ortho intramolecular Hbond substituents is 2. The fourth-order valence-electron chi connectivity index (χ4n) is 9.50. The number of aromatic hydroxyl groups is 2. The quantitative estimate of drug-likeness (QED) is 0.160. The molecule has 4 fully saturated rings. The van der Waals surface area contributed by atoms with Gasteiger partial charge in [0.2, 0.25) is 11.7 Å². The first kappa shape index (κ1) is 39.8. The third-order valence-corrected chi connectivity index (χ3v) is 12.3. The molecule has 0 bridgehead atoms. The van der Waals surface area contributed by atoms with Crippen molar-refractivity contribution >= 4 is 23.3 Å². The van der Waals surface area contributed by atoms with Gasteiger partial charge in [-0.1, -0.05) is 18.6 Å². The Balaban J connectivity index is 1.16. The number of ketones is 3. The molecular formula is C40H48N2O15. The maximum absolute atomic E-state index is 14.2. The van der Waals surface area contributed by atoms with Crippen LogP contribution in [0.1, 0.15) is 101 Å². The summed E-state index contributed by atoms with van der Waals surface area (Å²) in [6.45, 7) is 1.72. The van der Waals surface area contributed by atoms with E-state index in [0.29, 0.717) is 38.8 Å². The molecule has 3 aliphatic heterocycles. The number of hydrogen-bond donors (Lipinski definition) is 4. The monoisotopic (exact) mass is 796 g/mol. The second-order valence-electron chi connectivity index (χ2n) is 15.6. The van der Waals surface area contributed by atoms with Crippen molar-refractivity contribution in [2.45, 2.75) is 113 Å². The zero-order valence-corrected chi connectivity index (χ0v) is 32.0. The van der Waals surface area contributed by atoms with Crippen molar-refractivity contribution in [2.75, 3.05) is 40.6 Å². The van der Waals surface area contributed by atoms with Crippen LogP contribution in [0.3, 0.4) is 0 Å². The lowest BCUT2D eigenvalue weighted by molar-refractivity contribution is -0.258. The number of morpholine rings is 1. The number of fused-ring (bicyclic) bond motifs is 6. The smallest absolute Gasteiger partial charge is 0.243 e. The molecular weight excluding hydrogens is 748 g/mol. The van der Waals surface area contributed by atoms with Crippen LogP contribution in [0.15, 0.2) is 18.2 Å². The standard InChI is InChI=1S/C40H48N2O15/c1-19-36-22(42-12-13-52-38(51-3)37(42)57-36)14-27(55-19)56-24-16-39(49,25(43)17-53-40(54-18-26(41)44)10-5-4-6-11-40)15-21-29(24)35(48)31-30(33(21)46)32(45)20-8-7-9-23(50-2)28(20)34(31)47/h7-9,19,22,24,27,36-38,46,48-49H,4-6,10-18H2,1-3H3,(H2,41,44)/t19-,22-,24-,27-,36+,37+,38-,39-/m0/s1. The number of primary amides is 1. The van der Waals surface area contributed by atoms with Crippen molar-refractivity contribution in [3.8, 4) is 17.2 Å². The van der Waals surface area contributed by atoms with Gasteiger partial charge in [-0.05, 0) is 25.8 Å². The van der Waals surface area contributed by atoms with Crippen LogP contribution in [0, 0.1) is 0 Å². The minimum absolute atomic E-state index is 0.0475. The number of phenols is 2. The highest BCUT2D eigenvalue weighted by Gasteiger charge is 2.55. The lowest BCUT2D eigenvalue weighted by Crippen LogP contribution is -2.55. The maximum atomic E-state index is 14.2. The summed E-state index contributed by atoms with van der Waals surface area (Å²) in [5, 5.41) is 36.3. The summed E-state index contributed by atoms with van der Waals surface area (Å²) in [4.78, 5) is 56.2. The fourth-order valence-corrected chi connectivity index (χ4v) is 9.50. The van der Waals surface area contributed by atoms with E-state index in [1.807, 2.05) is 6.92 Å². The second-order valence-corrected chi connectivity index (χ2v) is 15.6. The van der Waals surface area contributed by atoms with Gasteiger partial charge in [-0.25, -0.2) is 0 Å². The minimum Gasteiger partial charge on any atom is -0.507 e. The fraction of sp³-hybridized carbons (Fsp3) is 0.600. The van der Waals surface area contributed by atoms with Crippen LogP contribution < -0.4 is 10.5 Å². The van der Waals surface area contributed by atoms with Crippen LogP contribution in [-0.2, 0) is 49.2 Å². The molecule has 8 atom stereocenters. The van der Waals surface area contributed by atoms with E-state index >= 15 is 0 Å². The van der Waals surface area contributed by atoms with E-state index in [1.165, 1.54) is 32.4 Å². The van der Waals surface area contributed by atoms with Gasteiger partial charge in [-0.15, -0.1) is 0 Å². The first-order chi connectivity index (χ1) is 27.3. The normalized spacial score (nSPS) is 31.8. The van der Waals surface area contributed by atoms with Gasteiger partial charge in [0, 0.05) is 68.5 Å². The Morgan fingerprint density at radius 1 is 0.982 bits per heavy atom. The maximum Gasteiger partial charge on any atom is 0.243 e. The summed E-state index contributed by atoms with van der Waals surface area (Å²) in [5.41, 5.74) is 1.81. The zero-order chi connectivity index (χ0) is 40.4. The number of benzene rings is 2. The number of hydrogen-bond acceptors (Lipinski definition) is 16. The predicted octanol–water partition coefficient (Wildman–Crippen LogP) is 1.90. The number of Topliss-reactive ketones (excluding diaryl/α,β-unsaturated/α-hetero) is 1.